The van der Waals surface area contributed by atoms with Gasteiger partial charge < -0.3 is 4.74 Å². The Morgan fingerprint density at radius 2 is 2.19 bits per heavy atom. The van der Waals surface area contributed by atoms with E-state index in [4.69, 9.17) is 27.9 Å². The summed E-state index contributed by atoms with van der Waals surface area (Å²) in [6, 6.07) is 10.8. The van der Waals surface area contributed by atoms with Crippen LogP contribution >= 0.6 is 23.2 Å². The Kier molecular flexibility index (Phi) is 4.79. The van der Waals surface area contributed by atoms with Crippen molar-refractivity contribution in [3.8, 4) is 5.75 Å². The van der Waals surface area contributed by atoms with Crippen LogP contribution in [0.25, 0.3) is 17.1 Å². The average Bonchev–Trinajstić information content (AvgIpc) is 3.04. The number of benzene rings is 2. The highest BCUT2D eigenvalue weighted by Crippen LogP contribution is 2.36. The number of nitrogens with one attached hydrogen (secondary N) is 1. The molecule has 0 atom stereocenters. The van der Waals surface area contributed by atoms with Gasteiger partial charge in [-0.25, -0.2) is 10.1 Å². The number of carbonyl (C=O) groups is 1. The van der Waals surface area contributed by atoms with Crippen LogP contribution in [0.2, 0.25) is 10.0 Å². The molecular weight excluding hydrogens is 389 g/mol. The van der Waals surface area contributed by atoms with E-state index in [1.54, 1.807) is 12.1 Å². The van der Waals surface area contributed by atoms with Gasteiger partial charge in [0.15, 0.2) is 0 Å². The van der Waals surface area contributed by atoms with E-state index in [1.165, 1.54) is 10.9 Å². The maximum atomic E-state index is 12.1. The lowest BCUT2D eigenvalue weighted by atomic mass is 10.1. The smallest absolute Gasteiger partial charge is 0.261 e. The van der Waals surface area contributed by atoms with E-state index in [0.717, 1.165) is 22.2 Å². The molecule has 4 rings (SSSR count). The number of hydrogen-bond donors (Lipinski definition) is 1. The van der Waals surface area contributed by atoms with Crippen molar-refractivity contribution in [2.24, 2.45) is 5.10 Å². The number of aromatic nitrogens is 3. The van der Waals surface area contributed by atoms with Crippen LogP contribution < -0.4 is 10.2 Å². The van der Waals surface area contributed by atoms with Gasteiger partial charge in [0, 0.05) is 16.2 Å². The highest BCUT2D eigenvalue weighted by Gasteiger charge is 2.15. The minimum atomic E-state index is -0.314. The fourth-order valence-corrected chi connectivity index (χ4v) is 3.27. The number of carbonyl (C=O) groups excluding carboxylic acids is 1. The molecule has 3 aromatic rings. The Morgan fingerprint density at radius 3 is 3.07 bits per heavy atom. The molecule has 0 saturated carbocycles. The fourth-order valence-electron chi connectivity index (χ4n) is 2.70. The summed E-state index contributed by atoms with van der Waals surface area (Å²) in [5.41, 5.74) is 5.52. The lowest BCUT2D eigenvalue weighted by molar-refractivity contribution is -0.121. The Morgan fingerprint density at radius 1 is 1.33 bits per heavy atom. The Balaban J connectivity index is 1.42. The molecule has 1 N–H and O–H groups in total. The minimum Gasteiger partial charge on any atom is -0.487 e. The molecule has 0 fully saturated rings. The summed E-state index contributed by atoms with van der Waals surface area (Å²) >= 11 is 12.1. The topological polar surface area (TPSA) is 81.4 Å². The number of para-hydroxylation sites is 1. The maximum Gasteiger partial charge on any atom is 0.261 e. The average molecular weight is 402 g/mol. The number of hydrazone groups is 1. The van der Waals surface area contributed by atoms with Crippen LogP contribution in [-0.4, -0.2) is 33.7 Å². The van der Waals surface area contributed by atoms with Crippen LogP contribution in [-0.2, 0) is 11.3 Å². The van der Waals surface area contributed by atoms with E-state index >= 15 is 0 Å². The molecule has 0 aliphatic carbocycles. The summed E-state index contributed by atoms with van der Waals surface area (Å²) in [6.45, 7) is 0.308. The zero-order valence-electron chi connectivity index (χ0n) is 13.9. The van der Waals surface area contributed by atoms with Crippen molar-refractivity contribution in [2.45, 2.75) is 6.54 Å². The van der Waals surface area contributed by atoms with Crippen LogP contribution in [0.15, 0.2) is 47.1 Å². The third-order valence-corrected chi connectivity index (χ3v) is 4.39. The predicted octanol–water partition coefficient (Wildman–Crippen LogP) is 3.32. The first kappa shape index (κ1) is 17.5. The molecule has 0 radical (unpaired) electrons. The van der Waals surface area contributed by atoms with Gasteiger partial charge in [0.2, 0.25) is 0 Å². The van der Waals surface area contributed by atoms with Crippen molar-refractivity contribution in [1.82, 2.24) is 20.4 Å². The molecule has 7 nitrogen and oxygen atoms in total. The van der Waals surface area contributed by atoms with Gasteiger partial charge >= 0.3 is 0 Å². The van der Waals surface area contributed by atoms with Gasteiger partial charge in [-0.1, -0.05) is 40.5 Å². The number of fused-ring (bicyclic) bond motifs is 2. The normalized spacial score (nSPS) is 13.3. The second kappa shape index (κ2) is 7.38. The van der Waals surface area contributed by atoms with Gasteiger partial charge in [0.1, 0.15) is 24.4 Å². The summed E-state index contributed by atoms with van der Waals surface area (Å²) in [5.74, 6) is 0.269. The predicted molar refractivity (Wildman–Crippen MR) is 104 cm³/mol. The first-order valence-electron chi connectivity index (χ1n) is 8.03. The number of amides is 1. The second-order valence-corrected chi connectivity index (χ2v) is 6.69. The van der Waals surface area contributed by atoms with E-state index in [1.807, 2.05) is 30.3 Å². The highest BCUT2D eigenvalue weighted by molar-refractivity contribution is 6.36. The highest BCUT2D eigenvalue weighted by atomic mass is 35.5. The number of hydrogen-bond acceptors (Lipinski definition) is 5. The molecule has 2 aromatic carbocycles. The second-order valence-electron chi connectivity index (χ2n) is 5.84. The van der Waals surface area contributed by atoms with Gasteiger partial charge in [-0.15, -0.1) is 5.10 Å². The Hall–Kier alpha value is -2.90. The van der Waals surface area contributed by atoms with E-state index < -0.39 is 0 Å². The molecule has 2 heterocycles. The monoisotopic (exact) mass is 401 g/mol. The van der Waals surface area contributed by atoms with Crippen LogP contribution in [0, 0.1) is 0 Å². The van der Waals surface area contributed by atoms with E-state index in [-0.39, 0.29) is 12.5 Å². The van der Waals surface area contributed by atoms with Crippen LogP contribution in [0.5, 0.6) is 5.75 Å². The van der Waals surface area contributed by atoms with E-state index in [0.29, 0.717) is 22.4 Å². The van der Waals surface area contributed by atoms with Gasteiger partial charge in [-0.3, -0.25) is 4.79 Å². The molecular formula is C18H13Cl2N5O2. The van der Waals surface area contributed by atoms with Gasteiger partial charge in [0.25, 0.3) is 5.91 Å². The van der Waals surface area contributed by atoms with Crippen LogP contribution in [0.1, 0.15) is 5.56 Å². The largest absolute Gasteiger partial charge is 0.487 e. The number of rotatable bonds is 4. The van der Waals surface area contributed by atoms with Crippen molar-refractivity contribution in [1.29, 1.82) is 0 Å². The molecule has 1 aromatic heterocycles. The first-order valence-corrected chi connectivity index (χ1v) is 8.78. The number of nitrogens with zero attached hydrogens (tertiary/aromatic N) is 4. The molecule has 1 aliphatic heterocycles. The van der Waals surface area contributed by atoms with E-state index in [2.05, 4.69) is 20.8 Å². The van der Waals surface area contributed by atoms with Gasteiger partial charge in [-0.2, -0.15) is 5.10 Å². The molecule has 0 bridgehead atoms. The van der Waals surface area contributed by atoms with Gasteiger partial charge in [-0.05, 0) is 30.3 Å². The lowest BCUT2D eigenvalue weighted by Crippen LogP contribution is -2.24. The van der Waals surface area contributed by atoms with E-state index in [9.17, 15) is 4.79 Å². The zero-order chi connectivity index (χ0) is 18.8. The van der Waals surface area contributed by atoms with Crippen molar-refractivity contribution in [2.75, 3.05) is 6.61 Å². The number of halogens is 2. The summed E-state index contributed by atoms with van der Waals surface area (Å²) < 4.78 is 7.14. The molecule has 0 saturated heterocycles. The zero-order valence-corrected chi connectivity index (χ0v) is 15.4. The summed E-state index contributed by atoms with van der Waals surface area (Å²) in [5, 5.41) is 12.9. The van der Waals surface area contributed by atoms with Crippen molar-refractivity contribution < 1.29 is 9.53 Å². The quantitative estimate of drug-likeness (QED) is 0.536. The molecule has 9 heteroatoms. The van der Waals surface area contributed by atoms with Crippen molar-refractivity contribution >= 4 is 52.4 Å². The summed E-state index contributed by atoms with van der Waals surface area (Å²) in [7, 11) is 0. The maximum absolute atomic E-state index is 12.1. The third kappa shape index (κ3) is 3.79. The Bertz CT molecular complexity index is 1090. The fraction of sp³-hybridized carbons (Fsp3) is 0.111. The molecule has 136 valence electrons. The summed E-state index contributed by atoms with van der Waals surface area (Å²) in [6.07, 6.45) is 3.38. The molecule has 1 amide bonds. The van der Waals surface area contributed by atoms with Crippen molar-refractivity contribution in [3.05, 3.63) is 57.6 Å². The Labute approximate surface area is 164 Å². The standard InChI is InChI=1S/C18H13Cl2N5O2/c19-13-6-12-5-11(10-27-18(12)14(20)7-13)8-21-23-17(26)9-25-16-4-2-1-3-15(16)22-24-25/h1-8H,9-10H2,(H,23,26)/b21-8+. The van der Waals surface area contributed by atoms with Crippen molar-refractivity contribution in [3.63, 3.8) is 0 Å². The molecule has 1 aliphatic rings. The van der Waals surface area contributed by atoms with Crippen LogP contribution in [0.4, 0.5) is 0 Å². The molecule has 0 unspecified atom stereocenters. The summed E-state index contributed by atoms with van der Waals surface area (Å²) in [4.78, 5) is 12.1. The lowest BCUT2D eigenvalue weighted by Gasteiger charge is -2.17. The van der Waals surface area contributed by atoms with Crippen LogP contribution in [0.3, 0.4) is 0 Å². The first-order chi connectivity index (χ1) is 13.1. The third-order valence-electron chi connectivity index (χ3n) is 3.89. The molecule has 0 spiro atoms. The SMILES string of the molecule is O=C(Cn1nnc2ccccc21)N/N=C/C1=Cc2cc(Cl)cc(Cl)c2OC1. The van der Waals surface area contributed by atoms with Gasteiger partial charge in [0.05, 0.1) is 16.8 Å². The minimum absolute atomic E-state index is 0.0153. The number of ether oxygens (including phenoxy) is 1. The molecule has 27 heavy (non-hydrogen) atoms.